The number of benzene rings is 1. The molecule has 0 spiro atoms. The Hall–Kier alpha value is -1.00. The maximum Gasteiger partial charge on any atom is 0.159 e. The number of hydrogen-bond donors (Lipinski definition) is 1. The molecule has 1 aromatic carbocycles. The Kier molecular flexibility index (Phi) is 2.84. The van der Waals surface area contributed by atoms with Crippen LogP contribution in [0.25, 0.3) is 0 Å². The second kappa shape index (κ2) is 4.35. The molecule has 2 heterocycles. The summed E-state index contributed by atoms with van der Waals surface area (Å²) in [6.07, 6.45) is 0. The molecule has 2 saturated heterocycles. The molecule has 0 aliphatic carbocycles. The molecule has 2 nitrogen and oxygen atoms in total. The lowest BCUT2D eigenvalue weighted by Crippen LogP contribution is -2.25. The third-order valence-electron chi connectivity index (χ3n) is 3.86. The van der Waals surface area contributed by atoms with Crippen molar-refractivity contribution in [3.05, 3.63) is 35.4 Å². The van der Waals surface area contributed by atoms with E-state index in [1.807, 2.05) is 0 Å². The molecule has 2 aliphatic rings. The van der Waals surface area contributed by atoms with Gasteiger partial charge in [0, 0.05) is 19.6 Å². The summed E-state index contributed by atoms with van der Waals surface area (Å²) in [6, 6.07) is 4.19. The number of rotatable bonds is 2. The number of fused-ring (bicyclic) bond motifs is 1. The third kappa shape index (κ3) is 2.19. The van der Waals surface area contributed by atoms with Crippen LogP contribution in [0.3, 0.4) is 0 Å². The van der Waals surface area contributed by atoms with E-state index in [0.29, 0.717) is 0 Å². The third-order valence-corrected chi connectivity index (χ3v) is 3.86. The normalized spacial score (nSPS) is 28.6. The molecule has 92 valence electrons. The van der Waals surface area contributed by atoms with Gasteiger partial charge in [0.15, 0.2) is 11.6 Å². The van der Waals surface area contributed by atoms with E-state index in [1.165, 1.54) is 12.1 Å². The Labute approximate surface area is 99.6 Å². The van der Waals surface area contributed by atoms with Gasteiger partial charge in [0.05, 0.1) is 0 Å². The average Bonchev–Trinajstić information content (AvgIpc) is 2.84. The van der Waals surface area contributed by atoms with E-state index in [0.717, 1.165) is 50.1 Å². The van der Waals surface area contributed by atoms with Gasteiger partial charge in [0.2, 0.25) is 0 Å². The van der Waals surface area contributed by atoms with Crippen LogP contribution in [-0.4, -0.2) is 31.1 Å². The first kappa shape index (κ1) is 11.1. The summed E-state index contributed by atoms with van der Waals surface area (Å²) < 4.78 is 25.9. The fourth-order valence-electron chi connectivity index (χ4n) is 2.98. The van der Waals surface area contributed by atoms with Gasteiger partial charge in [0.25, 0.3) is 0 Å². The van der Waals surface area contributed by atoms with Crippen LogP contribution in [0.15, 0.2) is 18.2 Å². The molecule has 1 N–H and O–H groups in total. The number of halogens is 2. The maximum absolute atomic E-state index is 13.1. The topological polar surface area (TPSA) is 15.3 Å². The molecule has 2 unspecified atom stereocenters. The summed E-state index contributed by atoms with van der Waals surface area (Å²) >= 11 is 0. The summed E-state index contributed by atoms with van der Waals surface area (Å²) in [5.74, 6) is -0.0413. The number of hydrogen-bond acceptors (Lipinski definition) is 2. The molecule has 1 aromatic rings. The zero-order valence-corrected chi connectivity index (χ0v) is 9.63. The Morgan fingerprint density at radius 1 is 1.12 bits per heavy atom. The molecule has 0 saturated carbocycles. The van der Waals surface area contributed by atoms with Crippen LogP contribution < -0.4 is 5.32 Å². The first-order chi connectivity index (χ1) is 8.22. The highest BCUT2D eigenvalue weighted by Crippen LogP contribution is 2.27. The zero-order valence-electron chi connectivity index (χ0n) is 9.63. The number of nitrogens with zero attached hydrogens (tertiary/aromatic N) is 1. The fraction of sp³-hybridized carbons (Fsp3) is 0.538. The Balaban J connectivity index is 1.65. The summed E-state index contributed by atoms with van der Waals surface area (Å²) in [5.41, 5.74) is 0.858. The first-order valence-electron chi connectivity index (χ1n) is 6.09. The maximum atomic E-state index is 13.1. The molecule has 17 heavy (non-hydrogen) atoms. The predicted molar refractivity (Wildman–Crippen MR) is 61.5 cm³/mol. The number of nitrogens with one attached hydrogen (secondary N) is 1. The van der Waals surface area contributed by atoms with Crippen molar-refractivity contribution in [3.8, 4) is 0 Å². The molecule has 0 aromatic heterocycles. The highest BCUT2D eigenvalue weighted by atomic mass is 19.2. The van der Waals surface area contributed by atoms with Crippen LogP contribution in [0.1, 0.15) is 5.56 Å². The van der Waals surface area contributed by atoms with E-state index in [-0.39, 0.29) is 0 Å². The summed E-state index contributed by atoms with van der Waals surface area (Å²) in [4.78, 5) is 2.34. The van der Waals surface area contributed by atoms with Crippen molar-refractivity contribution < 1.29 is 8.78 Å². The smallest absolute Gasteiger partial charge is 0.159 e. The van der Waals surface area contributed by atoms with Gasteiger partial charge in [-0.15, -0.1) is 0 Å². The van der Waals surface area contributed by atoms with Gasteiger partial charge in [-0.1, -0.05) is 6.07 Å². The molecular weight excluding hydrogens is 222 g/mol. The van der Waals surface area contributed by atoms with E-state index in [1.54, 1.807) is 6.07 Å². The lowest BCUT2D eigenvalue weighted by atomic mass is 10.0. The van der Waals surface area contributed by atoms with Gasteiger partial charge < -0.3 is 5.32 Å². The van der Waals surface area contributed by atoms with Crippen LogP contribution in [0.4, 0.5) is 8.78 Å². The second-order valence-corrected chi connectivity index (χ2v) is 5.12. The lowest BCUT2D eigenvalue weighted by Gasteiger charge is -2.16. The predicted octanol–water partition coefficient (Wildman–Crippen LogP) is 1.62. The van der Waals surface area contributed by atoms with Crippen molar-refractivity contribution in [1.29, 1.82) is 0 Å². The monoisotopic (exact) mass is 238 g/mol. The van der Waals surface area contributed by atoms with Crippen LogP contribution >= 0.6 is 0 Å². The SMILES string of the molecule is Fc1ccc(CN2CC3CNCC3C2)cc1F. The van der Waals surface area contributed by atoms with Gasteiger partial charge in [0.1, 0.15) is 0 Å². The minimum atomic E-state index is -0.767. The fourth-order valence-corrected chi connectivity index (χ4v) is 2.98. The van der Waals surface area contributed by atoms with Crippen molar-refractivity contribution in [2.24, 2.45) is 11.8 Å². The molecule has 2 atom stereocenters. The molecule has 2 fully saturated rings. The lowest BCUT2D eigenvalue weighted by molar-refractivity contribution is 0.305. The number of likely N-dealkylation sites (tertiary alicyclic amines) is 1. The molecular formula is C13H16F2N2. The first-order valence-corrected chi connectivity index (χ1v) is 6.09. The minimum Gasteiger partial charge on any atom is -0.316 e. The van der Waals surface area contributed by atoms with Crippen molar-refractivity contribution >= 4 is 0 Å². The Bertz CT molecular complexity index is 410. The molecule has 4 heteroatoms. The summed E-state index contributed by atoms with van der Waals surface area (Å²) in [7, 11) is 0. The largest absolute Gasteiger partial charge is 0.316 e. The highest BCUT2D eigenvalue weighted by Gasteiger charge is 2.35. The van der Waals surface area contributed by atoms with Gasteiger partial charge in [-0.25, -0.2) is 8.78 Å². The van der Waals surface area contributed by atoms with Crippen LogP contribution in [0, 0.1) is 23.5 Å². The van der Waals surface area contributed by atoms with Crippen molar-refractivity contribution in [2.75, 3.05) is 26.2 Å². The molecule has 2 aliphatic heterocycles. The molecule has 0 amide bonds. The summed E-state index contributed by atoms with van der Waals surface area (Å²) in [6.45, 7) is 5.05. The van der Waals surface area contributed by atoms with E-state index in [9.17, 15) is 8.78 Å². The molecule has 0 bridgehead atoms. The van der Waals surface area contributed by atoms with E-state index in [2.05, 4.69) is 10.2 Å². The zero-order chi connectivity index (χ0) is 11.8. The van der Waals surface area contributed by atoms with Gasteiger partial charge in [-0.05, 0) is 42.6 Å². The van der Waals surface area contributed by atoms with Gasteiger partial charge in [-0.3, -0.25) is 4.90 Å². The van der Waals surface area contributed by atoms with Gasteiger partial charge in [-0.2, -0.15) is 0 Å². The Morgan fingerprint density at radius 3 is 2.47 bits per heavy atom. The molecule has 0 radical (unpaired) electrons. The van der Waals surface area contributed by atoms with E-state index >= 15 is 0 Å². The average molecular weight is 238 g/mol. The quantitative estimate of drug-likeness (QED) is 0.842. The minimum absolute atomic E-state index is 0.726. The van der Waals surface area contributed by atoms with Crippen molar-refractivity contribution in [2.45, 2.75) is 6.54 Å². The highest BCUT2D eigenvalue weighted by molar-refractivity contribution is 5.18. The van der Waals surface area contributed by atoms with E-state index < -0.39 is 11.6 Å². The standard InChI is InChI=1S/C13H16F2N2/c14-12-2-1-9(3-13(12)15)6-17-7-10-4-16-5-11(10)8-17/h1-3,10-11,16H,4-8H2. The van der Waals surface area contributed by atoms with Gasteiger partial charge >= 0.3 is 0 Å². The van der Waals surface area contributed by atoms with Crippen LogP contribution in [0.2, 0.25) is 0 Å². The Morgan fingerprint density at radius 2 is 1.82 bits per heavy atom. The van der Waals surface area contributed by atoms with E-state index in [4.69, 9.17) is 0 Å². The molecule has 3 rings (SSSR count). The van der Waals surface area contributed by atoms with Crippen molar-refractivity contribution in [3.63, 3.8) is 0 Å². The van der Waals surface area contributed by atoms with Crippen LogP contribution in [0.5, 0.6) is 0 Å². The van der Waals surface area contributed by atoms with Crippen LogP contribution in [-0.2, 0) is 6.54 Å². The second-order valence-electron chi connectivity index (χ2n) is 5.12. The van der Waals surface area contributed by atoms with Crippen molar-refractivity contribution in [1.82, 2.24) is 10.2 Å². The summed E-state index contributed by atoms with van der Waals surface area (Å²) in [5, 5.41) is 3.39.